The molecule has 2 heterocycles. The zero-order valence-corrected chi connectivity index (χ0v) is 5.08. The summed E-state index contributed by atoms with van der Waals surface area (Å²) in [4.78, 5) is 0. The van der Waals surface area contributed by atoms with Crippen molar-refractivity contribution in [3.8, 4) is 0 Å². The maximum Gasteiger partial charge on any atom is 0.0223 e. The van der Waals surface area contributed by atoms with Crippen molar-refractivity contribution in [3.63, 3.8) is 0 Å². The van der Waals surface area contributed by atoms with Gasteiger partial charge in [-0.25, -0.2) is 4.31 Å². The van der Waals surface area contributed by atoms with Crippen LogP contribution in [0.3, 0.4) is 0 Å². The average Bonchev–Trinajstić information content (AvgIpc) is 1.85. The first-order valence-corrected chi connectivity index (χ1v) is 3.80. The minimum atomic E-state index is 0.991. The summed E-state index contributed by atoms with van der Waals surface area (Å²) in [7, 11) is 0. The molecular formula is C5H9NS. The Morgan fingerprint density at radius 3 is 2.71 bits per heavy atom. The predicted octanol–water partition coefficient (Wildman–Crippen LogP) is 1.11. The van der Waals surface area contributed by atoms with E-state index in [1.807, 2.05) is 11.9 Å². The topological polar surface area (TPSA) is 3.24 Å². The molecule has 1 nitrogen and oxygen atoms in total. The fourth-order valence-corrected chi connectivity index (χ4v) is 2.45. The van der Waals surface area contributed by atoms with Crippen LogP contribution in [0.5, 0.6) is 0 Å². The van der Waals surface area contributed by atoms with Gasteiger partial charge < -0.3 is 0 Å². The Morgan fingerprint density at radius 1 is 1.43 bits per heavy atom. The highest BCUT2D eigenvalue weighted by atomic mass is 32.2. The number of fused-ring (bicyclic) bond motifs is 1. The molecule has 1 unspecified atom stereocenters. The summed E-state index contributed by atoms with van der Waals surface area (Å²) >= 11 is 2.03. The van der Waals surface area contributed by atoms with E-state index in [0.717, 1.165) is 6.04 Å². The number of nitrogens with zero attached hydrogens (tertiary/aromatic N) is 1. The second kappa shape index (κ2) is 1.39. The van der Waals surface area contributed by atoms with Crippen molar-refractivity contribution >= 4 is 11.9 Å². The Hall–Kier alpha value is 0.310. The van der Waals surface area contributed by atoms with Crippen molar-refractivity contribution in [1.29, 1.82) is 0 Å². The lowest BCUT2D eigenvalue weighted by Gasteiger charge is -2.32. The van der Waals surface area contributed by atoms with Crippen LogP contribution < -0.4 is 0 Å². The van der Waals surface area contributed by atoms with Crippen LogP contribution in [0.1, 0.15) is 12.8 Å². The van der Waals surface area contributed by atoms with Crippen molar-refractivity contribution in [2.24, 2.45) is 0 Å². The van der Waals surface area contributed by atoms with Gasteiger partial charge in [-0.3, -0.25) is 0 Å². The maximum absolute atomic E-state index is 2.50. The quantitative estimate of drug-likeness (QED) is 0.435. The molecule has 2 fully saturated rings. The molecule has 0 amide bonds. The van der Waals surface area contributed by atoms with E-state index in [-0.39, 0.29) is 0 Å². The summed E-state index contributed by atoms with van der Waals surface area (Å²) in [6, 6.07) is 0.991. The van der Waals surface area contributed by atoms with E-state index in [1.165, 1.54) is 25.1 Å². The zero-order valence-electron chi connectivity index (χ0n) is 4.26. The predicted molar refractivity (Wildman–Crippen MR) is 32.2 cm³/mol. The highest BCUT2D eigenvalue weighted by Crippen LogP contribution is 2.35. The minimum Gasteiger partial charge on any atom is -0.247 e. The van der Waals surface area contributed by atoms with Crippen LogP contribution in [0.2, 0.25) is 0 Å². The highest BCUT2D eigenvalue weighted by molar-refractivity contribution is 7.97. The van der Waals surface area contributed by atoms with Gasteiger partial charge in [-0.2, -0.15) is 0 Å². The van der Waals surface area contributed by atoms with Gasteiger partial charge in [0.25, 0.3) is 0 Å². The summed E-state index contributed by atoms with van der Waals surface area (Å²) < 4.78 is 2.50. The van der Waals surface area contributed by atoms with Crippen molar-refractivity contribution in [2.75, 3.05) is 12.3 Å². The molecule has 1 atom stereocenters. The van der Waals surface area contributed by atoms with Gasteiger partial charge in [-0.1, -0.05) is 11.9 Å². The van der Waals surface area contributed by atoms with Crippen LogP contribution in [0, 0.1) is 0 Å². The smallest absolute Gasteiger partial charge is 0.0223 e. The van der Waals surface area contributed by atoms with E-state index in [0.29, 0.717) is 0 Å². The van der Waals surface area contributed by atoms with E-state index in [2.05, 4.69) is 4.31 Å². The molecule has 0 spiro atoms. The van der Waals surface area contributed by atoms with Crippen LogP contribution in [-0.2, 0) is 0 Å². The first kappa shape index (κ1) is 4.21. The van der Waals surface area contributed by atoms with Crippen LogP contribution in [-0.4, -0.2) is 22.6 Å². The summed E-state index contributed by atoms with van der Waals surface area (Å²) in [5.41, 5.74) is 0. The lowest BCUT2D eigenvalue weighted by Crippen LogP contribution is -2.37. The Balaban J connectivity index is 2.03. The Bertz CT molecular complexity index is 74.1. The lowest BCUT2D eigenvalue weighted by atomic mass is 10.1. The molecule has 0 radical (unpaired) electrons. The molecule has 0 aliphatic carbocycles. The average molecular weight is 115 g/mol. The molecule has 0 bridgehead atoms. The molecule has 0 aromatic rings. The molecule has 2 rings (SSSR count). The molecule has 2 heteroatoms. The van der Waals surface area contributed by atoms with Crippen LogP contribution >= 0.6 is 11.9 Å². The van der Waals surface area contributed by atoms with Gasteiger partial charge in [-0.05, 0) is 12.8 Å². The normalized spacial score (nSPS) is 40.3. The third kappa shape index (κ3) is 0.500. The molecule has 0 aromatic carbocycles. The SMILES string of the molecule is C1CC2CCN2S1. The molecule has 2 aliphatic heterocycles. The third-order valence-electron chi connectivity index (χ3n) is 1.80. The molecule has 2 saturated heterocycles. The second-order valence-electron chi connectivity index (χ2n) is 2.21. The molecule has 7 heavy (non-hydrogen) atoms. The fourth-order valence-electron chi connectivity index (χ4n) is 1.18. The molecule has 0 N–H and O–H groups in total. The van der Waals surface area contributed by atoms with E-state index < -0.39 is 0 Å². The van der Waals surface area contributed by atoms with Crippen LogP contribution in [0.25, 0.3) is 0 Å². The van der Waals surface area contributed by atoms with E-state index in [9.17, 15) is 0 Å². The summed E-state index contributed by atoms with van der Waals surface area (Å²) in [5, 5.41) is 0. The van der Waals surface area contributed by atoms with Crippen molar-refractivity contribution in [3.05, 3.63) is 0 Å². The second-order valence-corrected chi connectivity index (χ2v) is 3.34. The van der Waals surface area contributed by atoms with Gasteiger partial charge in [0.05, 0.1) is 0 Å². The molecule has 0 saturated carbocycles. The lowest BCUT2D eigenvalue weighted by molar-refractivity contribution is 0.234. The van der Waals surface area contributed by atoms with Crippen LogP contribution in [0.15, 0.2) is 0 Å². The zero-order chi connectivity index (χ0) is 4.69. The molecule has 40 valence electrons. The summed E-state index contributed by atoms with van der Waals surface area (Å²) in [5.74, 6) is 1.38. The Morgan fingerprint density at radius 2 is 2.43 bits per heavy atom. The fraction of sp³-hybridized carbons (Fsp3) is 1.00. The van der Waals surface area contributed by atoms with Crippen LogP contribution in [0.4, 0.5) is 0 Å². The minimum absolute atomic E-state index is 0.991. The number of rotatable bonds is 0. The standard InChI is InChI=1S/C5H9NS/c1-3-6-5(1)2-4-7-6/h5H,1-4H2. The third-order valence-corrected chi connectivity index (χ3v) is 3.03. The molecule has 0 aromatic heterocycles. The molecular weight excluding hydrogens is 106 g/mol. The van der Waals surface area contributed by atoms with E-state index >= 15 is 0 Å². The summed E-state index contributed by atoms with van der Waals surface area (Å²) in [6.07, 6.45) is 2.91. The Kier molecular flexibility index (Phi) is 0.837. The van der Waals surface area contributed by atoms with E-state index in [1.54, 1.807) is 0 Å². The first-order chi connectivity index (χ1) is 3.47. The van der Waals surface area contributed by atoms with Gasteiger partial charge in [0.1, 0.15) is 0 Å². The summed E-state index contributed by atoms with van der Waals surface area (Å²) in [6.45, 7) is 1.36. The molecule has 2 aliphatic rings. The monoisotopic (exact) mass is 115 g/mol. The van der Waals surface area contributed by atoms with Crippen molar-refractivity contribution < 1.29 is 0 Å². The number of hydrogen-bond donors (Lipinski definition) is 0. The van der Waals surface area contributed by atoms with Gasteiger partial charge in [0.2, 0.25) is 0 Å². The largest absolute Gasteiger partial charge is 0.247 e. The van der Waals surface area contributed by atoms with Gasteiger partial charge in [-0.15, -0.1) is 0 Å². The highest BCUT2D eigenvalue weighted by Gasteiger charge is 2.32. The van der Waals surface area contributed by atoms with Gasteiger partial charge in [0.15, 0.2) is 0 Å². The van der Waals surface area contributed by atoms with E-state index in [4.69, 9.17) is 0 Å². The van der Waals surface area contributed by atoms with Gasteiger partial charge in [0, 0.05) is 18.3 Å². The first-order valence-electron chi connectivity index (χ1n) is 2.86. The van der Waals surface area contributed by atoms with Crippen molar-refractivity contribution in [1.82, 2.24) is 4.31 Å². The van der Waals surface area contributed by atoms with Gasteiger partial charge >= 0.3 is 0 Å². The Labute approximate surface area is 48.2 Å². The van der Waals surface area contributed by atoms with Crippen molar-refractivity contribution in [2.45, 2.75) is 18.9 Å². The number of hydrogen-bond acceptors (Lipinski definition) is 2. The maximum atomic E-state index is 2.50.